The average molecular weight is 435 g/mol. The van der Waals surface area contributed by atoms with Crippen LogP contribution in [0.1, 0.15) is 50.9 Å². The summed E-state index contributed by atoms with van der Waals surface area (Å²) in [6, 6.07) is 3.86. The van der Waals surface area contributed by atoms with Gasteiger partial charge in [-0.3, -0.25) is 14.4 Å². The number of amides is 2. The number of halogens is 3. The molecule has 0 radical (unpaired) electrons. The third-order valence-corrected chi connectivity index (χ3v) is 5.68. The molecule has 3 heterocycles. The van der Waals surface area contributed by atoms with Crippen LogP contribution < -0.4 is 10.7 Å². The number of hydrogen-bond donors (Lipinski definition) is 2. The van der Waals surface area contributed by atoms with E-state index in [9.17, 15) is 32.7 Å². The molecule has 164 valence electrons. The Hall–Kier alpha value is -3.30. The largest absolute Gasteiger partial charge is 0.503 e. The van der Waals surface area contributed by atoms with E-state index in [-0.39, 0.29) is 25.1 Å². The second-order valence-electron chi connectivity index (χ2n) is 7.99. The molecule has 0 saturated carbocycles. The van der Waals surface area contributed by atoms with Gasteiger partial charge >= 0.3 is 0 Å². The predicted octanol–water partition coefficient (Wildman–Crippen LogP) is 2.36. The van der Waals surface area contributed by atoms with Crippen LogP contribution in [0.5, 0.6) is 5.75 Å². The van der Waals surface area contributed by atoms with Crippen molar-refractivity contribution in [2.75, 3.05) is 13.1 Å². The van der Waals surface area contributed by atoms with Crippen molar-refractivity contribution in [1.82, 2.24) is 14.8 Å². The molecule has 2 aromatic rings. The predicted molar refractivity (Wildman–Crippen MR) is 104 cm³/mol. The molecule has 7 nitrogen and oxygen atoms in total. The fourth-order valence-electron chi connectivity index (χ4n) is 4.03. The SMILES string of the molecule is Cc1ccc(CNC(=O)c2cn3c(c(O)c2=O)C(=O)N2C[C@@H]3CCC(F)(F)C2)c(F)c1. The summed E-state index contributed by atoms with van der Waals surface area (Å²) in [5, 5.41) is 12.8. The lowest BCUT2D eigenvalue weighted by atomic mass is 10.1. The van der Waals surface area contributed by atoms with Gasteiger partial charge in [-0.2, -0.15) is 0 Å². The topological polar surface area (TPSA) is 91.6 Å². The van der Waals surface area contributed by atoms with E-state index in [1.54, 1.807) is 13.0 Å². The molecule has 0 unspecified atom stereocenters. The summed E-state index contributed by atoms with van der Waals surface area (Å²) in [6.45, 7) is 0.711. The van der Waals surface area contributed by atoms with Gasteiger partial charge in [0.2, 0.25) is 5.43 Å². The molecule has 2 N–H and O–H groups in total. The maximum absolute atomic E-state index is 14.0. The Labute approximate surface area is 175 Å². The van der Waals surface area contributed by atoms with Crippen LogP contribution in [0.4, 0.5) is 13.2 Å². The summed E-state index contributed by atoms with van der Waals surface area (Å²) < 4.78 is 43.2. The van der Waals surface area contributed by atoms with Gasteiger partial charge in [0.15, 0.2) is 11.4 Å². The minimum Gasteiger partial charge on any atom is -0.503 e. The number of benzene rings is 1. The first-order valence-electron chi connectivity index (χ1n) is 9.76. The van der Waals surface area contributed by atoms with E-state index < -0.39 is 65.0 Å². The maximum Gasteiger partial charge on any atom is 0.274 e. The fraction of sp³-hybridized carbons (Fsp3) is 0.381. The summed E-state index contributed by atoms with van der Waals surface area (Å²) in [6.07, 6.45) is 0.644. The lowest BCUT2D eigenvalue weighted by Gasteiger charge is -2.34. The lowest BCUT2D eigenvalue weighted by molar-refractivity contribution is -0.0258. The van der Waals surface area contributed by atoms with Gasteiger partial charge in [-0.05, 0) is 25.0 Å². The molecule has 31 heavy (non-hydrogen) atoms. The highest BCUT2D eigenvalue weighted by molar-refractivity contribution is 5.99. The van der Waals surface area contributed by atoms with Gasteiger partial charge in [0.1, 0.15) is 11.4 Å². The molecule has 2 aliphatic rings. The van der Waals surface area contributed by atoms with Crippen molar-refractivity contribution in [2.45, 2.75) is 38.3 Å². The maximum atomic E-state index is 14.0. The second kappa shape index (κ2) is 7.44. The van der Waals surface area contributed by atoms with E-state index in [1.807, 2.05) is 0 Å². The summed E-state index contributed by atoms with van der Waals surface area (Å²) >= 11 is 0. The summed E-state index contributed by atoms with van der Waals surface area (Å²) in [5.74, 6) is -6.32. The number of aryl methyl sites for hydroxylation is 1. The van der Waals surface area contributed by atoms with Crippen LogP contribution in [0.25, 0.3) is 0 Å². The van der Waals surface area contributed by atoms with Crippen molar-refractivity contribution in [3.05, 3.63) is 62.8 Å². The zero-order valence-electron chi connectivity index (χ0n) is 16.6. The number of nitrogens with one attached hydrogen (secondary N) is 1. The molecule has 1 saturated heterocycles. The van der Waals surface area contributed by atoms with Crippen LogP contribution in [-0.2, 0) is 6.54 Å². The third kappa shape index (κ3) is 3.77. The number of fused-ring (bicyclic) bond motifs is 4. The van der Waals surface area contributed by atoms with Crippen molar-refractivity contribution < 1.29 is 27.9 Å². The van der Waals surface area contributed by atoms with Gasteiger partial charge in [-0.25, -0.2) is 13.2 Å². The highest BCUT2D eigenvalue weighted by Gasteiger charge is 2.44. The quantitative estimate of drug-likeness (QED) is 0.775. The Morgan fingerprint density at radius 2 is 2.06 bits per heavy atom. The van der Waals surface area contributed by atoms with Crippen LogP contribution in [0.15, 0.2) is 29.2 Å². The number of alkyl halides is 2. The lowest BCUT2D eigenvalue weighted by Crippen LogP contribution is -2.46. The number of aromatic nitrogens is 1. The highest BCUT2D eigenvalue weighted by Crippen LogP contribution is 2.36. The van der Waals surface area contributed by atoms with Crippen LogP contribution >= 0.6 is 0 Å². The van der Waals surface area contributed by atoms with Crippen LogP contribution in [0.2, 0.25) is 0 Å². The standard InChI is InChI=1S/C21H20F3N3O4/c1-11-2-3-12(15(22)6-11)7-25-19(30)14-9-27-13-4-5-21(23,24)10-26(8-13)20(31)16(27)18(29)17(14)28/h2-3,6,9,13,29H,4-5,7-8,10H2,1H3,(H,25,30)/t13-/m0/s1. The Bertz CT molecular complexity index is 1150. The first-order chi connectivity index (χ1) is 14.6. The summed E-state index contributed by atoms with van der Waals surface area (Å²) in [5.41, 5.74) is -1.03. The molecule has 1 aromatic carbocycles. The number of carbonyl (C=O) groups is 2. The minimum atomic E-state index is -3.08. The Kier molecular flexibility index (Phi) is 5.03. The van der Waals surface area contributed by atoms with Crippen molar-refractivity contribution in [2.24, 2.45) is 0 Å². The number of carbonyl (C=O) groups excluding carboxylic acids is 2. The molecule has 1 fully saturated rings. The fourth-order valence-corrected chi connectivity index (χ4v) is 4.03. The molecular weight excluding hydrogens is 415 g/mol. The normalized spacial score (nSPS) is 19.5. The minimum absolute atomic E-state index is 0.00171. The zero-order valence-corrected chi connectivity index (χ0v) is 16.6. The summed E-state index contributed by atoms with van der Waals surface area (Å²) in [4.78, 5) is 38.7. The monoisotopic (exact) mass is 435 g/mol. The number of nitrogens with zero attached hydrogens (tertiary/aromatic N) is 2. The number of rotatable bonds is 3. The molecule has 2 aliphatic heterocycles. The number of aromatic hydroxyl groups is 1. The molecule has 2 amide bonds. The molecule has 10 heteroatoms. The van der Waals surface area contributed by atoms with E-state index >= 15 is 0 Å². The number of hydrogen-bond acceptors (Lipinski definition) is 4. The molecule has 1 aromatic heterocycles. The van der Waals surface area contributed by atoms with Crippen molar-refractivity contribution in [3.8, 4) is 5.75 Å². The zero-order chi connectivity index (χ0) is 22.5. The van der Waals surface area contributed by atoms with E-state index in [2.05, 4.69) is 5.32 Å². The molecular formula is C21H20F3N3O4. The van der Waals surface area contributed by atoms with Gasteiger partial charge in [-0.1, -0.05) is 12.1 Å². The van der Waals surface area contributed by atoms with E-state index in [4.69, 9.17) is 0 Å². The smallest absolute Gasteiger partial charge is 0.274 e. The van der Waals surface area contributed by atoms with Gasteiger partial charge in [0.05, 0.1) is 12.6 Å². The van der Waals surface area contributed by atoms with Gasteiger partial charge in [0, 0.05) is 31.3 Å². The van der Waals surface area contributed by atoms with Gasteiger partial charge in [0.25, 0.3) is 17.7 Å². The van der Waals surface area contributed by atoms with Gasteiger partial charge < -0.3 is 19.9 Å². The van der Waals surface area contributed by atoms with Gasteiger partial charge in [-0.15, -0.1) is 0 Å². The van der Waals surface area contributed by atoms with Crippen LogP contribution in [0.3, 0.4) is 0 Å². The van der Waals surface area contributed by atoms with Crippen molar-refractivity contribution in [3.63, 3.8) is 0 Å². The van der Waals surface area contributed by atoms with Crippen LogP contribution in [-0.4, -0.2) is 45.4 Å². The van der Waals surface area contributed by atoms with E-state index in [1.165, 1.54) is 16.7 Å². The summed E-state index contributed by atoms with van der Waals surface area (Å²) in [7, 11) is 0. The molecule has 0 spiro atoms. The average Bonchev–Trinajstić information content (AvgIpc) is 2.84. The Balaban J connectivity index is 1.66. The Morgan fingerprint density at radius 1 is 1.32 bits per heavy atom. The van der Waals surface area contributed by atoms with Crippen molar-refractivity contribution in [1.29, 1.82) is 0 Å². The van der Waals surface area contributed by atoms with Crippen LogP contribution in [0, 0.1) is 12.7 Å². The number of pyridine rings is 1. The highest BCUT2D eigenvalue weighted by atomic mass is 19.3. The second-order valence-corrected chi connectivity index (χ2v) is 7.99. The first kappa shape index (κ1) is 21.0. The molecule has 1 atom stereocenters. The molecule has 0 aliphatic carbocycles. The van der Waals surface area contributed by atoms with E-state index in [0.29, 0.717) is 5.56 Å². The molecule has 2 bridgehead atoms. The Morgan fingerprint density at radius 3 is 2.77 bits per heavy atom. The first-order valence-corrected chi connectivity index (χ1v) is 9.76. The van der Waals surface area contributed by atoms with E-state index in [0.717, 1.165) is 11.1 Å². The third-order valence-electron chi connectivity index (χ3n) is 5.68. The van der Waals surface area contributed by atoms with Crippen molar-refractivity contribution >= 4 is 11.8 Å². The molecule has 4 rings (SSSR count).